The Labute approximate surface area is 166 Å². The lowest BCUT2D eigenvalue weighted by molar-refractivity contribution is -0.121. The van der Waals surface area contributed by atoms with E-state index < -0.39 is 0 Å². The number of fused-ring (bicyclic) bond motifs is 2. The maximum absolute atomic E-state index is 12.6. The Bertz CT molecular complexity index is 1190. The van der Waals surface area contributed by atoms with Crippen molar-refractivity contribution in [3.63, 3.8) is 0 Å². The molecule has 0 unspecified atom stereocenters. The molecular weight excluding hydrogens is 368 g/mol. The van der Waals surface area contributed by atoms with E-state index in [1.54, 1.807) is 11.8 Å². The summed E-state index contributed by atoms with van der Waals surface area (Å²) in [6.07, 6.45) is 4.76. The molecule has 0 bridgehead atoms. The van der Waals surface area contributed by atoms with Gasteiger partial charge in [0.15, 0.2) is 0 Å². The average molecular weight is 388 g/mol. The van der Waals surface area contributed by atoms with Crippen molar-refractivity contribution in [2.45, 2.75) is 12.5 Å². The first-order chi connectivity index (χ1) is 13.8. The van der Waals surface area contributed by atoms with Crippen molar-refractivity contribution >= 4 is 44.5 Å². The van der Waals surface area contributed by atoms with Crippen molar-refractivity contribution in [1.82, 2.24) is 15.3 Å². The molecule has 0 fully saturated rings. The quantitative estimate of drug-likeness (QED) is 0.486. The number of rotatable bonds is 5. The van der Waals surface area contributed by atoms with Crippen LogP contribution in [-0.4, -0.2) is 39.3 Å². The van der Waals surface area contributed by atoms with E-state index >= 15 is 0 Å². The number of hydrogen-bond donors (Lipinski definition) is 3. The van der Waals surface area contributed by atoms with Gasteiger partial charge >= 0.3 is 0 Å². The zero-order valence-corrected chi connectivity index (χ0v) is 16.1. The highest BCUT2D eigenvalue weighted by molar-refractivity contribution is 8.14. The van der Waals surface area contributed by atoms with Crippen LogP contribution in [0.3, 0.4) is 0 Å². The zero-order valence-electron chi connectivity index (χ0n) is 15.2. The van der Waals surface area contributed by atoms with E-state index in [0.29, 0.717) is 12.3 Å². The Balaban J connectivity index is 1.24. The topological polar surface area (TPSA) is 73.0 Å². The first kappa shape index (κ1) is 17.1. The largest absolute Gasteiger partial charge is 0.361 e. The molecule has 0 radical (unpaired) electrons. The van der Waals surface area contributed by atoms with Crippen LogP contribution in [0.5, 0.6) is 0 Å². The minimum atomic E-state index is -0.322. The van der Waals surface area contributed by atoms with E-state index in [0.717, 1.165) is 33.4 Å². The lowest BCUT2D eigenvalue weighted by atomic mass is 10.1. The van der Waals surface area contributed by atoms with Crippen LogP contribution in [0.2, 0.25) is 0 Å². The molecule has 0 saturated carbocycles. The number of aromatic nitrogens is 2. The van der Waals surface area contributed by atoms with E-state index in [2.05, 4.69) is 39.6 Å². The van der Waals surface area contributed by atoms with E-state index in [1.165, 1.54) is 10.9 Å². The predicted octanol–water partition coefficient (Wildman–Crippen LogP) is 3.87. The number of aromatic amines is 2. The summed E-state index contributed by atoms with van der Waals surface area (Å²) in [5, 5.41) is 6.36. The van der Waals surface area contributed by atoms with Crippen LogP contribution >= 0.6 is 11.8 Å². The monoisotopic (exact) mass is 388 g/mol. The molecule has 5 rings (SSSR count). The fraction of sp³-hybridized carbons (Fsp3) is 0.182. The molecule has 6 heteroatoms. The summed E-state index contributed by atoms with van der Waals surface area (Å²) in [5.74, 6) is 0.693. The number of amides is 1. The van der Waals surface area contributed by atoms with Gasteiger partial charge in [0, 0.05) is 52.1 Å². The van der Waals surface area contributed by atoms with Crippen molar-refractivity contribution in [1.29, 1.82) is 0 Å². The summed E-state index contributed by atoms with van der Waals surface area (Å²) in [7, 11) is 0. The molecule has 4 aromatic rings. The molecule has 0 saturated heterocycles. The number of H-pyrrole nitrogens is 2. The third kappa shape index (κ3) is 3.10. The van der Waals surface area contributed by atoms with Crippen molar-refractivity contribution in [2.24, 2.45) is 4.99 Å². The molecule has 2 aromatic carbocycles. The van der Waals surface area contributed by atoms with Crippen LogP contribution in [-0.2, 0) is 11.2 Å². The van der Waals surface area contributed by atoms with Gasteiger partial charge in [0.1, 0.15) is 6.04 Å². The van der Waals surface area contributed by atoms with Gasteiger partial charge in [0.2, 0.25) is 5.91 Å². The summed E-state index contributed by atoms with van der Waals surface area (Å²) < 4.78 is 0. The number of thioether (sulfide) groups is 1. The molecule has 1 aliphatic rings. The first-order valence-corrected chi connectivity index (χ1v) is 10.4. The SMILES string of the molecule is O=C(NCCc1c[nH]c2ccccc12)[C@@H]1CSC(c2cccc3[nH]ccc23)=N1. The predicted molar refractivity (Wildman–Crippen MR) is 116 cm³/mol. The molecule has 5 nitrogen and oxygen atoms in total. The molecule has 3 heterocycles. The highest BCUT2D eigenvalue weighted by Crippen LogP contribution is 2.28. The summed E-state index contributed by atoms with van der Waals surface area (Å²) in [4.78, 5) is 23.8. The van der Waals surface area contributed by atoms with Gasteiger partial charge in [-0.2, -0.15) is 0 Å². The molecule has 1 atom stereocenters. The van der Waals surface area contributed by atoms with E-state index in [4.69, 9.17) is 4.99 Å². The zero-order chi connectivity index (χ0) is 18.9. The van der Waals surface area contributed by atoms with Gasteiger partial charge in [0.25, 0.3) is 0 Å². The van der Waals surface area contributed by atoms with E-state index in [9.17, 15) is 4.79 Å². The Morgan fingerprint density at radius 3 is 2.89 bits per heavy atom. The van der Waals surface area contributed by atoms with Gasteiger partial charge in [-0.15, -0.1) is 11.8 Å². The third-order valence-electron chi connectivity index (χ3n) is 5.15. The number of nitrogens with zero attached hydrogens (tertiary/aromatic N) is 1. The second-order valence-electron chi connectivity index (χ2n) is 6.91. The summed E-state index contributed by atoms with van der Waals surface area (Å²) in [5.41, 5.74) is 4.54. The number of para-hydroxylation sites is 1. The number of benzene rings is 2. The second-order valence-corrected chi connectivity index (χ2v) is 7.91. The normalized spacial score (nSPS) is 16.6. The lowest BCUT2D eigenvalue weighted by Crippen LogP contribution is -2.35. The van der Waals surface area contributed by atoms with Crippen molar-refractivity contribution in [2.75, 3.05) is 12.3 Å². The molecule has 1 aliphatic heterocycles. The fourth-order valence-corrected chi connectivity index (χ4v) is 4.78. The van der Waals surface area contributed by atoms with Crippen LogP contribution in [0.25, 0.3) is 21.8 Å². The third-order valence-corrected chi connectivity index (χ3v) is 6.23. The Morgan fingerprint density at radius 2 is 1.93 bits per heavy atom. The Kier molecular flexibility index (Phi) is 4.41. The van der Waals surface area contributed by atoms with Crippen molar-refractivity contribution < 1.29 is 4.79 Å². The fourth-order valence-electron chi connectivity index (χ4n) is 3.70. The first-order valence-electron chi connectivity index (χ1n) is 9.39. The van der Waals surface area contributed by atoms with E-state index in [-0.39, 0.29) is 11.9 Å². The van der Waals surface area contributed by atoms with Crippen LogP contribution in [0, 0.1) is 0 Å². The van der Waals surface area contributed by atoms with Crippen molar-refractivity contribution in [3.05, 3.63) is 72.1 Å². The lowest BCUT2D eigenvalue weighted by Gasteiger charge is -2.07. The standard InChI is InChI=1S/C22H20N4OS/c27-21(24-10-8-14-12-25-18-6-2-1-4-15(14)18)20-13-28-22(26-20)17-5-3-7-19-16(17)9-11-23-19/h1-7,9,11-12,20,23,25H,8,10,13H2,(H,24,27)/t20-/m0/s1. The number of carbonyl (C=O) groups excluding carboxylic acids is 1. The van der Waals surface area contributed by atoms with Gasteiger partial charge in [-0.3, -0.25) is 9.79 Å². The summed E-state index contributed by atoms with van der Waals surface area (Å²) in [6.45, 7) is 0.611. The van der Waals surface area contributed by atoms with Gasteiger partial charge < -0.3 is 15.3 Å². The van der Waals surface area contributed by atoms with Crippen LogP contribution in [0.15, 0.2) is 65.9 Å². The summed E-state index contributed by atoms with van der Waals surface area (Å²) >= 11 is 1.65. The van der Waals surface area contributed by atoms with Gasteiger partial charge in [-0.05, 0) is 30.2 Å². The second kappa shape index (κ2) is 7.20. The summed E-state index contributed by atoms with van der Waals surface area (Å²) in [6, 6.07) is 16.1. The molecule has 3 N–H and O–H groups in total. The van der Waals surface area contributed by atoms with Crippen molar-refractivity contribution in [3.8, 4) is 0 Å². The molecular formula is C22H20N4OS. The van der Waals surface area contributed by atoms with Crippen LogP contribution < -0.4 is 5.32 Å². The van der Waals surface area contributed by atoms with Gasteiger partial charge in [-0.1, -0.05) is 30.3 Å². The smallest absolute Gasteiger partial charge is 0.245 e. The van der Waals surface area contributed by atoms with Gasteiger partial charge in [-0.25, -0.2) is 0 Å². The van der Waals surface area contributed by atoms with Crippen LogP contribution in [0.1, 0.15) is 11.1 Å². The number of nitrogens with one attached hydrogen (secondary N) is 3. The highest BCUT2D eigenvalue weighted by Gasteiger charge is 2.26. The molecule has 140 valence electrons. The van der Waals surface area contributed by atoms with Crippen LogP contribution in [0.4, 0.5) is 0 Å². The maximum atomic E-state index is 12.6. The highest BCUT2D eigenvalue weighted by atomic mass is 32.2. The minimum absolute atomic E-state index is 0.00332. The maximum Gasteiger partial charge on any atom is 0.245 e. The molecule has 1 amide bonds. The average Bonchev–Trinajstić information content (AvgIpc) is 3.47. The molecule has 0 spiro atoms. The Hall–Kier alpha value is -2.99. The Morgan fingerprint density at radius 1 is 1.07 bits per heavy atom. The minimum Gasteiger partial charge on any atom is -0.361 e. The number of aliphatic imine (C=N–C) groups is 1. The molecule has 28 heavy (non-hydrogen) atoms. The molecule has 0 aliphatic carbocycles. The molecule has 2 aromatic heterocycles. The van der Waals surface area contributed by atoms with E-state index in [1.807, 2.05) is 36.7 Å². The number of carbonyl (C=O) groups is 1. The van der Waals surface area contributed by atoms with Gasteiger partial charge in [0.05, 0.1) is 5.04 Å². The number of hydrogen-bond acceptors (Lipinski definition) is 3.